The Balaban J connectivity index is 1.50. The van der Waals surface area contributed by atoms with Crippen molar-refractivity contribution >= 4 is 11.9 Å². The third-order valence-corrected chi connectivity index (χ3v) is 6.33. The summed E-state index contributed by atoms with van der Waals surface area (Å²) in [5, 5.41) is 5.94. The van der Waals surface area contributed by atoms with Crippen LogP contribution in [0.4, 0.5) is 14.7 Å². The standard InChI is InChI=1S/C26H32F2N6O2/c1-14(2)16-6-17(8-19(27)7-16)23(10-29)32-25(35)22-9-18(12-30-22)24-15(3)11-31-26(34-24)33-21-4-5-36-13-20(21)28/h6-9,11-12,14,20-21,23,30H,4-5,10,13,29H2,1-3H3,(H,32,35)(H,31,33,34)/t20-,21+,23-/m1/s1. The van der Waals surface area contributed by atoms with Crippen LogP contribution < -0.4 is 16.4 Å². The number of H-pyrrole nitrogens is 1. The molecular formula is C26H32F2N6O2. The van der Waals surface area contributed by atoms with E-state index in [-0.39, 0.29) is 30.8 Å². The number of alkyl halides is 1. The molecule has 1 aliphatic heterocycles. The lowest BCUT2D eigenvalue weighted by atomic mass is 9.97. The van der Waals surface area contributed by atoms with Crippen LogP contribution in [-0.2, 0) is 4.74 Å². The van der Waals surface area contributed by atoms with Crippen molar-refractivity contribution in [3.63, 3.8) is 0 Å². The summed E-state index contributed by atoms with van der Waals surface area (Å²) in [4.78, 5) is 24.8. The number of aromatic amines is 1. The van der Waals surface area contributed by atoms with Gasteiger partial charge >= 0.3 is 0 Å². The van der Waals surface area contributed by atoms with Crippen LogP contribution in [0.1, 0.15) is 59.4 Å². The maximum Gasteiger partial charge on any atom is 0.268 e. The summed E-state index contributed by atoms with van der Waals surface area (Å²) in [6.07, 6.45) is 2.72. The highest BCUT2D eigenvalue weighted by Gasteiger charge is 2.26. The molecule has 3 atom stereocenters. The zero-order valence-corrected chi connectivity index (χ0v) is 20.6. The monoisotopic (exact) mass is 498 g/mol. The smallest absolute Gasteiger partial charge is 0.268 e. The number of aromatic nitrogens is 3. The zero-order valence-electron chi connectivity index (χ0n) is 20.6. The number of nitrogens with one attached hydrogen (secondary N) is 3. The summed E-state index contributed by atoms with van der Waals surface area (Å²) in [6.45, 7) is 6.45. The van der Waals surface area contributed by atoms with Gasteiger partial charge in [-0.1, -0.05) is 19.9 Å². The highest BCUT2D eigenvalue weighted by atomic mass is 19.1. The number of ether oxygens (including phenoxy) is 1. The second kappa shape index (κ2) is 11.1. The normalized spacial score (nSPS) is 18.8. The number of nitrogens with zero attached hydrogens (tertiary/aromatic N) is 2. The fraction of sp³-hybridized carbons (Fsp3) is 0.423. The lowest BCUT2D eigenvalue weighted by Gasteiger charge is -2.26. The molecule has 0 radical (unpaired) electrons. The number of nitrogens with two attached hydrogens (primary N) is 1. The van der Waals surface area contributed by atoms with Crippen molar-refractivity contribution in [2.75, 3.05) is 25.1 Å². The van der Waals surface area contributed by atoms with Gasteiger partial charge < -0.3 is 26.1 Å². The molecular weight excluding hydrogens is 466 g/mol. The lowest BCUT2D eigenvalue weighted by Crippen LogP contribution is -2.39. The first-order chi connectivity index (χ1) is 17.2. The highest BCUT2D eigenvalue weighted by molar-refractivity contribution is 5.94. The Morgan fingerprint density at radius 2 is 2.06 bits per heavy atom. The van der Waals surface area contributed by atoms with Crippen molar-refractivity contribution in [2.45, 2.75) is 51.4 Å². The number of hydrogen-bond acceptors (Lipinski definition) is 6. The van der Waals surface area contributed by atoms with Crippen LogP contribution in [-0.4, -0.2) is 52.8 Å². The summed E-state index contributed by atoms with van der Waals surface area (Å²) in [6, 6.07) is 5.45. The van der Waals surface area contributed by atoms with Gasteiger partial charge in [0.15, 0.2) is 0 Å². The molecule has 4 rings (SSSR count). The van der Waals surface area contributed by atoms with Gasteiger partial charge in [-0.3, -0.25) is 4.79 Å². The summed E-state index contributed by atoms with van der Waals surface area (Å²) in [7, 11) is 0. The van der Waals surface area contributed by atoms with E-state index in [1.807, 2.05) is 26.8 Å². The van der Waals surface area contributed by atoms with Crippen LogP contribution in [0.2, 0.25) is 0 Å². The van der Waals surface area contributed by atoms with Gasteiger partial charge in [-0.2, -0.15) is 0 Å². The molecule has 0 saturated carbocycles. The second-order valence-electron chi connectivity index (χ2n) is 9.39. The third kappa shape index (κ3) is 5.88. The molecule has 0 bridgehead atoms. The van der Waals surface area contributed by atoms with Gasteiger partial charge in [-0.05, 0) is 54.2 Å². The van der Waals surface area contributed by atoms with Gasteiger partial charge in [-0.15, -0.1) is 0 Å². The molecule has 8 nitrogen and oxygen atoms in total. The summed E-state index contributed by atoms with van der Waals surface area (Å²) < 4.78 is 33.5. The van der Waals surface area contributed by atoms with Gasteiger partial charge in [-0.25, -0.2) is 18.7 Å². The van der Waals surface area contributed by atoms with E-state index in [2.05, 4.69) is 25.6 Å². The van der Waals surface area contributed by atoms with Gasteiger partial charge in [0.25, 0.3) is 5.91 Å². The number of hydrogen-bond donors (Lipinski definition) is 4. The quantitative estimate of drug-likeness (QED) is 0.373. The van der Waals surface area contributed by atoms with Gasteiger partial charge in [0.2, 0.25) is 5.95 Å². The Bertz CT molecular complexity index is 1210. The number of anilines is 1. The Morgan fingerprint density at radius 3 is 2.78 bits per heavy atom. The van der Waals surface area contributed by atoms with Crippen LogP contribution in [0.3, 0.4) is 0 Å². The number of halogens is 2. The summed E-state index contributed by atoms with van der Waals surface area (Å²) in [5.74, 6) is -0.293. The maximum atomic E-state index is 14.2. The Labute approximate surface area is 209 Å². The third-order valence-electron chi connectivity index (χ3n) is 6.33. The molecule has 5 N–H and O–H groups in total. The summed E-state index contributed by atoms with van der Waals surface area (Å²) in [5.41, 5.74) is 9.79. The van der Waals surface area contributed by atoms with Crippen LogP contribution in [0.25, 0.3) is 11.3 Å². The van der Waals surface area contributed by atoms with E-state index in [9.17, 15) is 13.6 Å². The number of benzene rings is 1. The molecule has 1 aromatic carbocycles. The first kappa shape index (κ1) is 25.7. The van der Waals surface area contributed by atoms with Gasteiger partial charge in [0.1, 0.15) is 17.7 Å². The molecule has 2 aromatic heterocycles. The number of carbonyl (C=O) groups is 1. The summed E-state index contributed by atoms with van der Waals surface area (Å²) >= 11 is 0. The van der Waals surface area contributed by atoms with E-state index in [1.165, 1.54) is 12.1 Å². The SMILES string of the molecule is Cc1cnc(N[C@H]2CCOC[C@H]2F)nc1-c1c[nH]c(C(=O)N[C@H](CN)c2cc(F)cc(C(C)C)c2)c1. The molecule has 3 aromatic rings. The first-order valence-corrected chi connectivity index (χ1v) is 12.1. The van der Waals surface area contributed by atoms with Crippen LogP contribution in [0.5, 0.6) is 0 Å². The van der Waals surface area contributed by atoms with E-state index in [0.717, 1.165) is 11.1 Å². The van der Waals surface area contributed by atoms with Crippen LogP contribution >= 0.6 is 0 Å². The first-order valence-electron chi connectivity index (χ1n) is 12.1. The Kier molecular flexibility index (Phi) is 7.95. The van der Waals surface area contributed by atoms with Gasteiger partial charge in [0, 0.05) is 31.1 Å². The topological polar surface area (TPSA) is 118 Å². The highest BCUT2D eigenvalue weighted by Crippen LogP contribution is 2.25. The Hall–Kier alpha value is -3.37. The lowest BCUT2D eigenvalue weighted by molar-refractivity contribution is 0.0284. The van der Waals surface area contributed by atoms with Crippen LogP contribution in [0, 0.1) is 12.7 Å². The number of carbonyl (C=O) groups excluding carboxylic acids is 1. The van der Waals surface area contributed by atoms with Crippen molar-refractivity contribution in [3.8, 4) is 11.3 Å². The van der Waals surface area contributed by atoms with E-state index >= 15 is 0 Å². The fourth-order valence-corrected chi connectivity index (χ4v) is 4.18. The predicted molar refractivity (Wildman–Crippen MR) is 134 cm³/mol. The molecule has 10 heteroatoms. The largest absolute Gasteiger partial charge is 0.378 e. The minimum Gasteiger partial charge on any atom is -0.378 e. The molecule has 0 unspecified atom stereocenters. The molecule has 1 aliphatic rings. The Morgan fingerprint density at radius 1 is 1.28 bits per heavy atom. The molecule has 192 valence electrons. The van der Waals surface area contributed by atoms with E-state index in [0.29, 0.717) is 41.5 Å². The molecule has 3 heterocycles. The zero-order chi connectivity index (χ0) is 25.8. The average Bonchev–Trinajstić information content (AvgIpc) is 3.35. The molecule has 1 saturated heterocycles. The maximum absolute atomic E-state index is 14.2. The molecule has 0 aliphatic carbocycles. The van der Waals surface area contributed by atoms with Crippen molar-refractivity contribution in [2.24, 2.45) is 5.73 Å². The second-order valence-corrected chi connectivity index (χ2v) is 9.39. The molecule has 0 spiro atoms. The number of amides is 1. The van der Waals surface area contributed by atoms with Crippen molar-refractivity contribution in [1.29, 1.82) is 0 Å². The van der Waals surface area contributed by atoms with Crippen molar-refractivity contribution in [3.05, 3.63) is 64.9 Å². The van der Waals surface area contributed by atoms with E-state index in [4.69, 9.17) is 10.5 Å². The predicted octanol–water partition coefficient (Wildman–Crippen LogP) is 4.01. The van der Waals surface area contributed by atoms with E-state index < -0.39 is 18.3 Å². The van der Waals surface area contributed by atoms with Gasteiger partial charge in [0.05, 0.1) is 24.4 Å². The number of rotatable bonds is 8. The average molecular weight is 499 g/mol. The minimum absolute atomic E-state index is 0.0465. The van der Waals surface area contributed by atoms with Crippen LogP contribution in [0.15, 0.2) is 36.7 Å². The van der Waals surface area contributed by atoms with Crippen molar-refractivity contribution < 1.29 is 18.3 Å². The minimum atomic E-state index is -1.14. The molecule has 1 amide bonds. The number of aryl methyl sites for hydroxylation is 1. The van der Waals surface area contributed by atoms with Crippen molar-refractivity contribution in [1.82, 2.24) is 20.3 Å². The fourth-order valence-electron chi connectivity index (χ4n) is 4.18. The molecule has 1 fully saturated rings. The molecule has 36 heavy (non-hydrogen) atoms. The van der Waals surface area contributed by atoms with E-state index in [1.54, 1.807) is 18.5 Å².